The molecule has 7 heteroatoms. The van der Waals surface area contributed by atoms with Crippen LogP contribution in [-0.4, -0.2) is 44.6 Å². The fraction of sp³-hybridized carbons (Fsp3) is 0.471. The lowest BCUT2D eigenvalue weighted by Crippen LogP contribution is -2.40. The molecule has 1 aliphatic rings. The quantitative estimate of drug-likeness (QED) is 0.881. The molecule has 2 heterocycles. The summed E-state index contributed by atoms with van der Waals surface area (Å²) in [5.74, 6) is -0.00867. The molecule has 0 spiro atoms. The number of nitrogens with one attached hydrogen (secondary N) is 1. The van der Waals surface area contributed by atoms with Gasteiger partial charge in [0.15, 0.2) is 0 Å². The monoisotopic (exact) mass is 330 g/mol. The maximum Gasteiger partial charge on any atom is 0.318 e. The molecule has 1 unspecified atom stereocenters. The first kappa shape index (κ1) is 16.3. The summed E-state index contributed by atoms with van der Waals surface area (Å²) in [6.07, 6.45) is 1.72. The van der Waals surface area contributed by atoms with Gasteiger partial charge in [0.2, 0.25) is 0 Å². The number of aromatic nitrogens is 2. The second-order valence-electron chi connectivity index (χ2n) is 5.93. The molecule has 128 valence electrons. The lowest BCUT2D eigenvalue weighted by molar-refractivity contribution is -0.136. The number of carboxylic acids is 1. The van der Waals surface area contributed by atoms with Crippen molar-refractivity contribution in [1.29, 1.82) is 0 Å². The van der Waals surface area contributed by atoms with Gasteiger partial charge in [-0.1, -0.05) is 12.1 Å². The topological polar surface area (TPSA) is 87.5 Å². The number of amides is 2. The van der Waals surface area contributed by atoms with E-state index >= 15 is 0 Å². The van der Waals surface area contributed by atoms with Crippen LogP contribution < -0.4 is 5.32 Å². The van der Waals surface area contributed by atoms with Gasteiger partial charge in [0.1, 0.15) is 5.82 Å². The number of fused-ring (bicyclic) bond motifs is 1. The molecule has 0 aliphatic carbocycles. The van der Waals surface area contributed by atoms with Crippen molar-refractivity contribution < 1.29 is 14.7 Å². The summed E-state index contributed by atoms with van der Waals surface area (Å²) in [6, 6.07) is 7.70. The molecule has 1 aromatic heterocycles. The zero-order valence-electron chi connectivity index (χ0n) is 13.7. The Morgan fingerprint density at radius 2 is 2.17 bits per heavy atom. The fourth-order valence-corrected chi connectivity index (χ4v) is 3.34. The van der Waals surface area contributed by atoms with Crippen molar-refractivity contribution in [1.82, 2.24) is 19.8 Å². The van der Waals surface area contributed by atoms with Gasteiger partial charge in [-0.05, 0) is 31.9 Å². The van der Waals surface area contributed by atoms with Crippen molar-refractivity contribution in [2.24, 2.45) is 0 Å². The van der Waals surface area contributed by atoms with Crippen molar-refractivity contribution in [3.63, 3.8) is 0 Å². The van der Waals surface area contributed by atoms with E-state index in [9.17, 15) is 9.59 Å². The number of rotatable bonds is 5. The van der Waals surface area contributed by atoms with Gasteiger partial charge in [-0.3, -0.25) is 4.79 Å². The Kier molecular flexibility index (Phi) is 4.69. The SMILES string of the molecule is CCn1c(C2CCCN2C(=O)NCCC(=O)O)nc2ccccc21. The number of likely N-dealkylation sites (tertiary alicyclic amines) is 1. The summed E-state index contributed by atoms with van der Waals surface area (Å²) in [5, 5.41) is 11.4. The summed E-state index contributed by atoms with van der Waals surface area (Å²) in [6.45, 7) is 3.67. The summed E-state index contributed by atoms with van der Waals surface area (Å²) in [5.41, 5.74) is 2.01. The Morgan fingerprint density at radius 3 is 2.92 bits per heavy atom. The number of hydrogen-bond donors (Lipinski definition) is 2. The number of aryl methyl sites for hydroxylation is 1. The second kappa shape index (κ2) is 6.90. The zero-order valence-corrected chi connectivity index (χ0v) is 13.7. The Morgan fingerprint density at radius 1 is 1.38 bits per heavy atom. The molecule has 1 saturated heterocycles. The van der Waals surface area contributed by atoms with Crippen LogP contribution in [0.5, 0.6) is 0 Å². The minimum Gasteiger partial charge on any atom is -0.481 e. The Labute approximate surface area is 140 Å². The van der Waals surface area contributed by atoms with Crippen LogP contribution in [-0.2, 0) is 11.3 Å². The summed E-state index contributed by atoms with van der Waals surface area (Å²) >= 11 is 0. The number of carboxylic acid groups (broad SMARTS) is 1. The molecule has 2 N–H and O–H groups in total. The highest BCUT2D eigenvalue weighted by Gasteiger charge is 2.33. The molecular formula is C17H22N4O3. The maximum atomic E-state index is 12.4. The fourth-order valence-electron chi connectivity index (χ4n) is 3.34. The highest BCUT2D eigenvalue weighted by molar-refractivity contribution is 5.78. The molecule has 1 aromatic carbocycles. The Hall–Kier alpha value is -2.57. The number of benzene rings is 1. The normalized spacial score (nSPS) is 17.4. The minimum absolute atomic E-state index is 0.0674. The van der Waals surface area contributed by atoms with E-state index in [1.54, 1.807) is 4.90 Å². The molecule has 7 nitrogen and oxygen atoms in total. The van der Waals surface area contributed by atoms with Crippen molar-refractivity contribution in [2.75, 3.05) is 13.1 Å². The van der Waals surface area contributed by atoms with Gasteiger partial charge in [0.25, 0.3) is 0 Å². The number of hydrogen-bond acceptors (Lipinski definition) is 3. The van der Waals surface area contributed by atoms with Gasteiger partial charge in [-0.25, -0.2) is 9.78 Å². The van der Waals surface area contributed by atoms with Crippen LogP contribution in [0.3, 0.4) is 0 Å². The molecule has 1 aliphatic heterocycles. The van der Waals surface area contributed by atoms with E-state index < -0.39 is 5.97 Å². The lowest BCUT2D eigenvalue weighted by atomic mass is 10.2. The van der Waals surface area contributed by atoms with Crippen molar-refractivity contribution in [3.8, 4) is 0 Å². The van der Waals surface area contributed by atoms with E-state index in [-0.39, 0.29) is 25.0 Å². The van der Waals surface area contributed by atoms with Crippen LogP contribution in [0.25, 0.3) is 11.0 Å². The van der Waals surface area contributed by atoms with Crippen molar-refractivity contribution in [3.05, 3.63) is 30.1 Å². The van der Waals surface area contributed by atoms with Gasteiger partial charge in [-0.2, -0.15) is 0 Å². The van der Waals surface area contributed by atoms with Gasteiger partial charge in [-0.15, -0.1) is 0 Å². The van der Waals surface area contributed by atoms with Gasteiger partial charge in [0.05, 0.1) is 23.5 Å². The zero-order chi connectivity index (χ0) is 17.1. The van der Waals surface area contributed by atoms with Crippen LogP contribution in [0.4, 0.5) is 4.79 Å². The summed E-state index contributed by atoms with van der Waals surface area (Å²) < 4.78 is 2.16. The maximum absolute atomic E-state index is 12.4. The predicted molar refractivity (Wildman–Crippen MR) is 89.7 cm³/mol. The standard InChI is InChI=1S/C17H22N4O3/c1-2-20-13-7-4-3-6-12(13)19-16(20)14-8-5-11-21(14)17(24)18-10-9-15(22)23/h3-4,6-7,14H,2,5,8-11H2,1H3,(H,18,24)(H,22,23). The molecular weight excluding hydrogens is 308 g/mol. The van der Waals surface area contributed by atoms with Crippen LogP contribution in [0.1, 0.15) is 38.1 Å². The molecule has 0 radical (unpaired) electrons. The Bertz CT molecular complexity index is 755. The predicted octanol–water partition coefficient (Wildman–Crippen LogP) is 2.38. The highest BCUT2D eigenvalue weighted by Crippen LogP contribution is 2.33. The number of urea groups is 1. The molecule has 0 bridgehead atoms. The number of para-hydroxylation sites is 2. The molecule has 24 heavy (non-hydrogen) atoms. The smallest absolute Gasteiger partial charge is 0.318 e. The van der Waals surface area contributed by atoms with E-state index in [0.29, 0.717) is 6.54 Å². The number of carbonyl (C=O) groups is 2. The van der Waals surface area contributed by atoms with Crippen LogP contribution >= 0.6 is 0 Å². The highest BCUT2D eigenvalue weighted by atomic mass is 16.4. The average Bonchev–Trinajstić information content (AvgIpc) is 3.18. The largest absolute Gasteiger partial charge is 0.481 e. The van der Waals surface area contributed by atoms with Crippen molar-refractivity contribution >= 4 is 23.0 Å². The molecule has 1 fully saturated rings. The molecule has 0 saturated carbocycles. The van der Waals surface area contributed by atoms with E-state index in [4.69, 9.17) is 10.1 Å². The minimum atomic E-state index is -0.916. The summed E-state index contributed by atoms with van der Waals surface area (Å²) in [4.78, 5) is 29.5. The summed E-state index contributed by atoms with van der Waals surface area (Å²) in [7, 11) is 0. The molecule has 2 aromatic rings. The van der Waals surface area contributed by atoms with Crippen molar-refractivity contribution in [2.45, 2.75) is 38.8 Å². The van der Waals surface area contributed by atoms with E-state index in [2.05, 4.69) is 16.8 Å². The average molecular weight is 330 g/mol. The molecule has 1 atom stereocenters. The molecule has 2 amide bonds. The van der Waals surface area contributed by atoms with Gasteiger partial charge >= 0.3 is 12.0 Å². The first-order valence-corrected chi connectivity index (χ1v) is 8.33. The lowest BCUT2D eigenvalue weighted by Gasteiger charge is -2.25. The number of aliphatic carboxylic acids is 1. The van der Waals surface area contributed by atoms with Crippen LogP contribution in [0.15, 0.2) is 24.3 Å². The van der Waals surface area contributed by atoms with Gasteiger partial charge in [0, 0.05) is 19.6 Å². The number of imidazole rings is 1. The van der Waals surface area contributed by atoms with Crippen LogP contribution in [0, 0.1) is 0 Å². The third-order valence-electron chi connectivity index (χ3n) is 4.43. The van der Waals surface area contributed by atoms with E-state index in [1.165, 1.54) is 0 Å². The number of carbonyl (C=O) groups excluding carboxylic acids is 1. The number of nitrogens with zero attached hydrogens (tertiary/aromatic N) is 3. The van der Waals surface area contributed by atoms with Gasteiger partial charge < -0.3 is 19.9 Å². The van der Waals surface area contributed by atoms with E-state index in [0.717, 1.165) is 36.2 Å². The first-order chi connectivity index (χ1) is 11.6. The first-order valence-electron chi connectivity index (χ1n) is 8.33. The third kappa shape index (κ3) is 3.06. The molecule has 3 rings (SSSR count). The second-order valence-corrected chi connectivity index (χ2v) is 5.93. The third-order valence-corrected chi connectivity index (χ3v) is 4.43. The Balaban J connectivity index is 1.83. The van der Waals surface area contributed by atoms with E-state index in [1.807, 2.05) is 24.3 Å². The van der Waals surface area contributed by atoms with Crippen LogP contribution in [0.2, 0.25) is 0 Å².